The molecule has 0 bridgehead atoms. The molecule has 0 aliphatic carbocycles. The van der Waals surface area contributed by atoms with Gasteiger partial charge in [-0.2, -0.15) is 0 Å². The second kappa shape index (κ2) is 3.85. The van der Waals surface area contributed by atoms with Crippen molar-refractivity contribution in [3.8, 4) is 0 Å². The minimum absolute atomic E-state index is 0.0240. The van der Waals surface area contributed by atoms with E-state index in [4.69, 9.17) is 11.6 Å². The molecule has 3 heteroatoms. The Kier molecular flexibility index (Phi) is 3.15. The Morgan fingerprint density at radius 2 is 1.79 bits per heavy atom. The van der Waals surface area contributed by atoms with E-state index in [2.05, 4.69) is 44.6 Å². The smallest absolute Gasteiger partial charge is 0.222 e. The monoisotopic (exact) mass is 212 g/mol. The van der Waals surface area contributed by atoms with Gasteiger partial charge in [-0.05, 0) is 23.6 Å². The normalized spacial score (nSPS) is 12.2. The molecule has 78 valence electrons. The fraction of sp³-hybridized carbons (Fsp3) is 0.636. The van der Waals surface area contributed by atoms with Crippen molar-refractivity contribution < 1.29 is 0 Å². The first-order valence-electron chi connectivity index (χ1n) is 4.85. The van der Waals surface area contributed by atoms with Crippen LogP contribution in [0.15, 0.2) is 6.07 Å². The highest BCUT2D eigenvalue weighted by molar-refractivity contribution is 6.28. The third-order valence-corrected chi connectivity index (χ3v) is 2.25. The van der Waals surface area contributed by atoms with E-state index in [1.165, 1.54) is 0 Å². The van der Waals surface area contributed by atoms with Gasteiger partial charge in [0.25, 0.3) is 0 Å². The molecule has 0 unspecified atom stereocenters. The Morgan fingerprint density at radius 1 is 1.21 bits per heavy atom. The van der Waals surface area contributed by atoms with Gasteiger partial charge in [-0.3, -0.25) is 0 Å². The van der Waals surface area contributed by atoms with Crippen LogP contribution in [0.3, 0.4) is 0 Å². The molecule has 14 heavy (non-hydrogen) atoms. The summed E-state index contributed by atoms with van der Waals surface area (Å²) in [6, 6.07) is 2.04. The molecule has 1 aromatic heterocycles. The number of hydrogen-bond acceptors (Lipinski definition) is 2. The van der Waals surface area contributed by atoms with E-state index in [1.54, 1.807) is 0 Å². The molecule has 1 rings (SSSR count). The third kappa shape index (κ3) is 2.68. The van der Waals surface area contributed by atoms with Crippen LogP contribution in [0.2, 0.25) is 5.28 Å². The van der Waals surface area contributed by atoms with Crippen molar-refractivity contribution in [2.75, 3.05) is 0 Å². The Labute approximate surface area is 90.7 Å². The number of nitrogens with zero attached hydrogens (tertiary/aromatic N) is 2. The van der Waals surface area contributed by atoms with Gasteiger partial charge in [0.15, 0.2) is 0 Å². The Morgan fingerprint density at radius 3 is 2.21 bits per heavy atom. The summed E-state index contributed by atoms with van der Waals surface area (Å²) in [6.07, 6.45) is 0. The SMILES string of the molecule is CC(C)c1cc(C(C)(C)C)nc(Cl)n1. The third-order valence-electron chi connectivity index (χ3n) is 2.08. The van der Waals surface area contributed by atoms with Gasteiger partial charge < -0.3 is 0 Å². The van der Waals surface area contributed by atoms with Crippen molar-refractivity contribution >= 4 is 11.6 Å². The van der Waals surface area contributed by atoms with Crippen LogP contribution < -0.4 is 0 Å². The number of aromatic nitrogens is 2. The molecule has 0 fully saturated rings. The quantitative estimate of drug-likeness (QED) is 0.666. The number of hydrogen-bond donors (Lipinski definition) is 0. The summed E-state index contributed by atoms with van der Waals surface area (Å²) < 4.78 is 0. The maximum absolute atomic E-state index is 5.88. The zero-order valence-electron chi connectivity index (χ0n) is 9.43. The molecule has 2 nitrogen and oxygen atoms in total. The highest BCUT2D eigenvalue weighted by Crippen LogP contribution is 2.24. The highest BCUT2D eigenvalue weighted by atomic mass is 35.5. The lowest BCUT2D eigenvalue weighted by atomic mass is 9.91. The van der Waals surface area contributed by atoms with Crippen molar-refractivity contribution in [1.82, 2.24) is 9.97 Å². The molecule has 0 aliphatic heterocycles. The molecule has 0 radical (unpaired) electrons. The maximum Gasteiger partial charge on any atom is 0.222 e. The van der Waals surface area contributed by atoms with E-state index in [9.17, 15) is 0 Å². The minimum Gasteiger partial charge on any atom is -0.223 e. The Balaban J connectivity index is 3.21. The van der Waals surface area contributed by atoms with Crippen LogP contribution in [0, 0.1) is 0 Å². The molecule has 1 aromatic rings. The van der Waals surface area contributed by atoms with Crippen molar-refractivity contribution in [2.45, 2.75) is 46.0 Å². The van der Waals surface area contributed by atoms with Gasteiger partial charge in [-0.1, -0.05) is 34.6 Å². The largest absolute Gasteiger partial charge is 0.223 e. The first-order chi connectivity index (χ1) is 6.30. The predicted molar refractivity (Wildman–Crippen MR) is 59.8 cm³/mol. The lowest BCUT2D eigenvalue weighted by Crippen LogP contribution is -2.15. The first-order valence-corrected chi connectivity index (χ1v) is 5.23. The van der Waals surface area contributed by atoms with Gasteiger partial charge in [0, 0.05) is 11.1 Å². The lowest BCUT2D eigenvalue weighted by molar-refractivity contribution is 0.563. The van der Waals surface area contributed by atoms with Gasteiger partial charge in [-0.15, -0.1) is 0 Å². The van der Waals surface area contributed by atoms with Crippen LogP contribution in [0.25, 0.3) is 0 Å². The average Bonchev–Trinajstić information content (AvgIpc) is 2.01. The van der Waals surface area contributed by atoms with Crippen LogP contribution in [-0.4, -0.2) is 9.97 Å². The molecule has 0 aromatic carbocycles. The van der Waals surface area contributed by atoms with Gasteiger partial charge >= 0.3 is 0 Å². The van der Waals surface area contributed by atoms with E-state index in [-0.39, 0.29) is 5.41 Å². The van der Waals surface area contributed by atoms with Crippen LogP contribution in [0.1, 0.15) is 51.9 Å². The fourth-order valence-electron chi connectivity index (χ4n) is 1.12. The van der Waals surface area contributed by atoms with E-state index in [1.807, 2.05) is 6.07 Å². The number of rotatable bonds is 1. The van der Waals surface area contributed by atoms with Crippen LogP contribution in [-0.2, 0) is 5.41 Å². The minimum atomic E-state index is 0.0240. The van der Waals surface area contributed by atoms with Gasteiger partial charge in [-0.25, -0.2) is 9.97 Å². The standard InChI is InChI=1S/C11H17ClN2/c1-7(2)8-6-9(11(3,4)5)14-10(12)13-8/h6-7H,1-5H3. The first kappa shape index (κ1) is 11.4. The second-order valence-electron chi connectivity index (χ2n) is 4.85. The summed E-state index contributed by atoms with van der Waals surface area (Å²) in [5, 5.41) is 0.348. The van der Waals surface area contributed by atoms with E-state index >= 15 is 0 Å². The topological polar surface area (TPSA) is 25.8 Å². The molecule has 0 N–H and O–H groups in total. The molecule has 1 heterocycles. The molecular formula is C11H17ClN2. The van der Waals surface area contributed by atoms with Gasteiger partial charge in [0.1, 0.15) is 0 Å². The van der Waals surface area contributed by atoms with E-state index in [0.29, 0.717) is 11.2 Å². The molecule has 0 aliphatic rings. The van der Waals surface area contributed by atoms with Gasteiger partial charge in [0.05, 0.1) is 5.69 Å². The van der Waals surface area contributed by atoms with E-state index in [0.717, 1.165) is 11.4 Å². The average molecular weight is 213 g/mol. The maximum atomic E-state index is 5.88. The Hall–Kier alpha value is -0.630. The van der Waals surface area contributed by atoms with Crippen molar-refractivity contribution in [2.24, 2.45) is 0 Å². The van der Waals surface area contributed by atoms with Crippen LogP contribution in [0.5, 0.6) is 0 Å². The summed E-state index contributed by atoms with van der Waals surface area (Å²) in [4.78, 5) is 8.44. The molecule has 0 atom stereocenters. The predicted octanol–water partition coefficient (Wildman–Crippen LogP) is 3.55. The summed E-state index contributed by atoms with van der Waals surface area (Å²) in [6.45, 7) is 10.6. The van der Waals surface area contributed by atoms with Crippen molar-refractivity contribution in [3.05, 3.63) is 22.7 Å². The van der Waals surface area contributed by atoms with Crippen LogP contribution >= 0.6 is 11.6 Å². The van der Waals surface area contributed by atoms with Crippen LogP contribution in [0.4, 0.5) is 0 Å². The molecule has 0 saturated carbocycles. The zero-order valence-corrected chi connectivity index (χ0v) is 10.2. The van der Waals surface area contributed by atoms with E-state index < -0.39 is 0 Å². The van der Waals surface area contributed by atoms with Crippen molar-refractivity contribution in [1.29, 1.82) is 0 Å². The van der Waals surface area contributed by atoms with Crippen molar-refractivity contribution in [3.63, 3.8) is 0 Å². The summed E-state index contributed by atoms with van der Waals surface area (Å²) in [5.41, 5.74) is 2.03. The summed E-state index contributed by atoms with van der Waals surface area (Å²) in [7, 11) is 0. The second-order valence-corrected chi connectivity index (χ2v) is 5.19. The zero-order chi connectivity index (χ0) is 10.9. The number of halogens is 1. The molecule has 0 spiro atoms. The fourth-order valence-corrected chi connectivity index (χ4v) is 1.30. The summed E-state index contributed by atoms with van der Waals surface area (Å²) in [5.74, 6) is 0.386. The molecular weight excluding hydrogens is 196 g/mol. The summed E-state index contributed by atoms with van der Waals surface area (Å²) >= 11 is 5.88. The molecule has 0 amide bonds. The van der Waals surface area contributed by atoms with Gasteiger partial charge in [0.2, 0.25) is 5.28 Å². The lowest BCUT2D eigenvalue weighted by Gasteiger charge is -2.19. The Bertz CT molecular complexity index is 327. The highest BCUT2D eigenvalue weighted by Gasteiger charge is 2.18. The molecule has 0 saturated heterocycles.